The number of rotatable bonds is 8. The minimum Gasteiger partial charge on any atom is -0.480 e. The second-order valence-corrected chi connectivity index (χ2v) is 4.41. The fourth-order valence-corrected chi connectivity index (χ4v) is 1.60. The van der Waals surface area contributed by atoms with Crippen molar-refractivity contribution in [2.24, 2.45) is 0 Å². The van der Waals surface area contributed by atoms with Gasteiger partial charge in [0.25, 0.3) is 0 Å². The highest BCUT2D eigenvalue weighted by Crippen LogP contribution is 2.27. The van der Waals surface area contributed by atoms with Crippen LogP contribution in [0.15, 0.2) is 23.3 Å². The number of aliphatic carboxylic acids is 2. The summed E-state index contributed by atoms with van der Waals surface area (Å²) in [6.45, 7) is 2.72. The Morgan fingerprint density at radius 1 is 0.955 bits per heavy atom. The third-order valence-electron chi connectivity index (χ3n) is 2.80. The maximum absolute atomic E-state index is 10.9. The first-order valence-electron chi connectivity index (χ1n) is 6.40. The largest absolute Gasteiger partial charge is 0.480 e. The molecule has 0 radical (unpaired) electrons. The molecule has 3 N–H and O–H groups in total. The molecule has 0 amide bonds. The highest BCUT2D eigenvalue weighted by atomic mass is 16.6. The number of methoxy groups -OCH3 is 2. The molecule has 1 aliphatic rings. The van der Waals surface area contributed by atoms with E-state index in [1.54, 1.807) is 0 Å². The minimum absolute atomic E-state index is 0.00537. The predicted octanol–water partition coefficient (Wildman–Crippen LogP) is 0.590. The zero-order chi connectivity index (χ0) is 16.9. The van der Waals surface area contributed by atoms with E-state index in [0.29, 0.717) is 0 Å². The molecule has 1 heterocycles. The highest BCUT2D eigenvalue weighted by Gasteiger charge is 2.29. The smallest absolute Gasteiger partial charge is 0.344 e. The molecule has 22 heavy (non-hydrogen) atoms. The van der Waals surface area contributed by atoms with Gasteiger partial charge in [-0.3, -0.25) is 5.32 Å². The number of carboxylic acids is 2. The summed E-state index contributed by atoms with van der Waals surface area (Å²) in [5, 5.41) is 20.5. The molecule has 0 aromatic heterocycles. The molecule has 1 aliphatic heterocycles. The van der Waals surface area contributed by atoms with Gasteiger partial charge in [0.2, 0.25) is 11.8 Å². The molecule has 0 fully saturated rings. The lowest BCUT2D eigenvalue weighted by Gasteiger charge is -2.26. The molecule has 0 aromatic carbocycles. The summed E-state index contributed by atoms with van der Waals surface area (Å²) >= 11 is 0. The van der Waals surface area contributed by atoms with Crippen LogP contribution >= 0.6 is 0 Å². The Kier molecular flexibility index (Phi) is 5.90. The van der Waals surface area contributed by atoms with E-state index in [9.17, 15) is 9.59 Å². The molecule has 0 bridgehead atoms. The van der Waals surface area contributed by atoms with Gasteiger partial charge in [-0.25, -0.2) is 9.59 Å². The molecule has 1 rings (SSSR count). The van der Waals surface area contributed by atoms with E-state index >= 15 is 0 Å². The molecular formula is C13H19NO8. The molecule has 9 nitrogen and oxygen atoms in total. The van der Waals surface area contributed by atoms with Crippen LogP contribution in [0.25, 0.3) is 0 Å². The standard InChI is InChI=1S/C13H19NO8/c1-6(12(15)16)21-8-5-9(22-7(2)13(17)18)11(20-4)14-10(8)19-3/h6-7,14H,5H2,1-4H3,(H,15,16)(H,17,18). The summed E-state index contributed by atoms with van der Waals surface area (Å²) in [5.41, 5.74) is 0. The van der Waals surface area contributed by atoms with E-state index in [-0.39, 0.29) is 29.7 Å². The molecule has 2 atom stereocenters. The van der Waals surface area contributed by atoms with Crippen molar-refractivity contribution in [3.05, 3.63) is 23.3 Å². The average Bonchev–Trinajstić information content (AvgIpc) is 2.47. The van der Waals surface area contributed by atoms with E-state index in [2.05, 4.69) is 5.32 Å². The summed E-state index contributed by atoms with van der Waals surface area (Å²) < 4.78 is 20.8. The number of dihydropyridines is 1. The first kappa shape index (κ1) is 17.5. The van der Waals surface area contributed by atoms with E-state index in [1.165, 1.54) is 28.1 Å². The second-order valence-electron chi connectivity index (χ2n) is 4.41. The number of carboxylic acid groups (broad SMARTS) is 2. The lowest BCUT2D eigenvalue weighted by atomic mass is 10.2. The first-order valence-corrected chi connectivity index (χ1v) is 6.40. The van der Waals surface area contributed by atoms with Crippen LogP contribution in [-0.4, -0.2) is 48.6 Å². The number of carbonyl (C=O) groups is 2. The average molecular weight is 317 g/mol. The van der Waals surface area contributed by atoms with E-state index < -0.39 is 24.1 Å². The van der Waals surface area contributed by atoms with Gasteiger partial charge >= 0.3 is 11.9 Å². The van der Waals surface area contributed by atoms with Crippen molar-refractivity contribution in [3.63, 3.8) is 0 Å². The third-order valence-corrected chi connectivity index (χ3v) is 2.80. The molecular weight excluding hydrogens is 298 g/mol. The van der Waals surface area contributed by atoms with Crippen LogP contribution in [0.1, 0.15) is 20.3 Å². The van der Waals surface area contributed by atoms with Crippen molar-refractivity contribution < 1.29 is 38.7 Å². The lowest BCUT2D eigenvalue weighted by molar-refractivity contribution is -0.147. The monoisotopic (exact) mass is 317 g/mol. The van der Waals surface area contributed by atoms with Crippen molar-refractivity contribution in [1.82, 2.24) is 5.32 Å². The zero-order valence-corrected chi connectivity index (χ0v) is 12.7. The summed E-state index contributed by atoms with van der Waals surface area (Å²) in [4.78, 5) is 21.8. The summed E-state index contributed by atoms with van der Waals surface area (Å²) in [5.74, 6) is -1.62. The van der Waals surface area contributed by atoms with Crippen molar-refractivity contribution >= 4 is 11.9 Å². The molecule has 0 aromatic rings. The Labute approximate surface area is 127 Å². The van der Waals surface area contributed by atoms with Crippen LogP contribution in [0.2, 0.25) is 0 Å². The fourth-order valence-electron chi connectivity index (χ4n) is 1.60. The van der Waals surface area contributed by atoms with Crippen molar-refractivity contribution in [1.29, 1.82) is 0 Å². The quantitative estimate of drug-likeness (QED) is 0.590. The van der Waals surface area contributed by atoms with Gasteiger partial charge in [0, 0.05) is 0 Å². The van der Waals surface area contributed by atoms with Crippen molar-refractivity contribution in [2.45, 2.75) is 32.5 Å². The number of ether oxygens (including phenoxy) is 4. The van der Waals surface area contributed by atoms with Gasteiger partial charge in [0.15, 0.2) is 23.7 Å². The number of hydrogen-bond acceptors (Lipinski definition) is 7. The maximum atomic E-state index is 10.9. The Morgan fingerprint density at radius 2 is 1.32 bits per heavy atom. The van der Waals surface area contributed by atoms with E-state index in [0.717, 1.165) is 0 Å². The zero-order valence-electron chi connectivity index (χ0n) is 12.7. The van der Waals surface area contributed by atoms with Gasteiger partial charge in [-0.15, -0.1) is 0 Å². The Hall–Kier alpha value is -2.58. The van der Waals surface area contributed by atoms with Crippen LogP contribution in [-0.2, 0) is 28.5 Å². The van der Waals surface area contributed by atoms with Crippen LogP contribution in [0, 0.1) is 0 Å². The number of nitrogens with one attached hydrogen (secondary N) is 1. The van der Waals surface area contributed by atoms with Crippen molar-refractivity contribution in [3.8, 4) is 0 Å². The number of hydrogen-bond donors (Lipinski definition) is 3. The van der Waals surface area contributed by atoms with Crippen molar-refractivity contribution in [2.75, 3.05) is 14.2 Å². The SMILES string of the molecule is COC1=C(OC(C)C(=O)O)CC(OC(C)C(=O)O)=C(OC)N1. The van der Waals surface area contributed by atoms with Gasteiger partial charge in [0.1, 0.15) is 0 Å². The summed E-state index contributed by atoms with van der Waals surface area (Å²) in [7, 11) is 2.74. The van der Waals surface area contributed by atoms with Crippen LogP contribution in [0.3, 0.4) is 0 Å². The molecule has 0 saturated carbocycles. The molecule has 2 unspecified atom stereocenters. The molecule has 0 aliphatic carbocycles. The summed E-state index contributed by atoms with van der Waals surface area (Å²) in [6.07, 6.45) is -2.22. The topological polar surface area (TPSA) is 124 Å². The Balaban J connectivity index is 2.96. The van der Waals surface area contributed by atoms with E-state index in [1.807, 2.05) is 0 Å². The van der Waals surface area contributed by atoms with Gasteiger partial charge < -0.3 is 29.2 Å². The highest BCUT2D eigenvalue weighted by molar-refractivity contribution is 5.72. The summed E-state index contributed by atoms with van der Waals surface area (Å²) in [6, 6.07) is 0. The third kappa shape index (κ3) is 4.21. The van der Waals surface area contributed by atoms with Gasteiger partial charge in [-0.1, -0.05) is 0 Å². The Bertz CT molecular complexity index is 466. The fraction of sp³-hybridized carbons (Fsp3) is 0.538. The van der Waals surface area contributed by atoms with Crippen LogP contribution < -0.4 is 5.32 Å². The molecule has 0 saturated heterocycles. The van der Waals surface area contributed by atoms with Crippen LogP contribution in [0.5, 0.6) is 0 Å². The van der Waals surface area contributed by atoms with E-state index in [4.69, 9.17) is 29.2 Å². The Morgan fingerprint density at radius 3 is 1.59 bits per heavy atom. The minimum atomic E-state index is -1.15. The molecule has 9 heteroatoms. The van der Waals surface area contributed by atoms with Gasteiger partial charge in [0.05, 0.1) is 20.6 Å². The predicted molar refractivity (Wildman–Crippen MR) is 72.2 cm³/mol. The molecule has 0 spiro atoms. The normalized spacial score (nSPS) is 17.3. The van der Waals surface area contributed by atoms with Gasteiger partial charge in [-0.2, -0.15) is 0 Å². The van der Waals surface area contributed by atoms with Gasteiger partial charge in [-0.05, 0) is 13.8 Å². The lowest BCUT2D eigenvalue weighted by Crippen LogP contribution is -2.30. The molecule has 124 valence electrons. The second kappa shape index (κ2) is 7.43. The first-order chi connectivity index (χ1) is 10.3. The van der Waals surface area contributed by atoms with Crippen LogP contribution in [0.4, 0.5) is 0 Å². The maximum Gasteiger partial charge on any atom is 0.344 e.